The fourth-order valence-electron chi connectivity index (χ4n) is 1.55. The number of thioether (sulfide) groups is 1. The largest absolute Gasteiger partial charge is 0.496 e. The van der Waals surface area contributed by atoms with Crippen LogP contribution < -0.4 is 15.0 Å². The van der Waals surface area contributed by atoms with Gasteiger partial charge in [-0.25, -0.2) is 5.48 Å². The smallest absolute Gasteiger partial charge is 0.128 e. The number of rotatable bonds is 6. The van der Waals surface area contributed by atoms with Crippen molar-refractivity contribution < 1.29 is 14.7 Å². The first-order valence-corrected chi connectivity index (χ1v) is 6.28. The summed E-state index contributed by atoms with van der Waals surface area (Å²) >= 11 is 1.74. The molecule has 0 bridgehead atoms. The van der Waals surface area contributed by atoms with Crippen molar-refractivity contribution in [3.8, 4) is 11.5 Å². The molecule has 1 aromatic rings. The van der Waals surface area contributed by atoms with Crippen molar-refractivity contribution in [2.75, 3.05) is 14.2 Å². The zero-order valence-corrected chi connectivity index (χ0v) is 11.4. The van der Waals surface area contributed by atoms with E-state index in [-0.39, 0.29) is 0 Å². The van der Waals surface area contributed by atoms with Gasteiger partial charge < -0.3 is 14.7 Å². The first kappa shape index (κ1) is 14.2. The normalized spacial score (nSPS) is 10.7. The van der Waals surface area contributed by atoms with Crippen LogP contribution in [0.3, 0.4) is 0 Å². The second-order valence-electron chi connectivity index (χ2n) is 3.81. The van der Waals surface area contributed by atoms with E-state index in [4.69, 9.17) is 14.7 Å². The fraction of sp³-hybridized carbons (Fsp3) is 0.500. The zero-order valence-electron chi connectivity index (χ0n) is 10.6. The Kier molecular flexibility index (Phi) is 5.61. The van der Waals surface area contributed by atoms with E-state index in [2.05, 4.69) is 19.3 Å². The van der Waals surface area contributed by atoms with E-state index < -0.39 is 0 Å². The molecule has 2 N–H and O–H groups in total. The van der Waals surface area contributed by atoms with E-state index in [1.54, 1.807) is 26.0 Å². The van der Waals surface area contributed by atoms with Crippen LogP contribution in [0.5, 0.6) is 11.5 Å². The predicted octanol–water partition coefficient (Wildman–Crippen LogP) is 2.68. The Hall–Kier alpha value is -0.910. The van der Waals surface area contributed by atoms with Crippen LogP contribution in [0.4, 0.5) is 0 Å². The third-order valence-corrected chi connectivity index (χ3v) is 3.19. The van der Waals surface area contributed by atoms with Gasteiger partial charge in [0.2, 0.25) is 0 Å². The maximum absolute atomic E-state index is 8.81. The SMILES string of the molecule is COc1cc(SC(C)C)cc(OC)c1CNO. The number of benzene rings is 1. The predicted molar refractivity (Wildman–Crippen MR) is 69.2 cm³/mol. The summed E-state index contributed by atoms with van der Waals surface area (Å²) in [6.07, 6.45) is 0. The number of methoxy groups -OCH3 is 2. The standard InChI is InChI=1S/C12H19NO3S/c1-8(2)17-9-5-11(15-3)10(7-13-14)12(6-9)16-4/h5-6,8,13-14H,7H2,1-4H3. The molecule has 0 saturated carbocycles. The Morgan fingerprint density at radius 2 is 1.76 bits per heavy atom. The van der Waals surface area contributed by atoms with Crippen molar-refractivity contribution in [1.29, 1.82) is 0 Å². The minimum Gasteiger partial charge on any atom is -0.496 e. The second-order valence-corrected chi connectivity index (χ2v) is 5.46. The van der Waals surface area contributed by atoms with Crippen molar-refractivity contribution in [3.05, 3.63) is 17.7 Å². The topological polar surface area (TPSA) is 50.7 Å². The van der Waals surface area contributed by atoms with Crippen LogP contribution in [0.2, 0.25) is 0 Å². The molecule has 0 aliphatic carbocycles. The Labute approximate surface area is 106 Å². The fourth-order valence-corrected chi connectivity index (χ4v) is 2.45. The first-order valence-electron chi connectivity index (χ1n) is 5.40. The summed E-state index contributed by atoms with van der Waals surface area (Å²) < 4.78 is 10.6. The zero-order chi connectivity index (χ0) is 12.8. The molecule has 0 radical (unpaired) electrons. The van der Waals surface area contributed by atoms with Gasteiger partial charge in [0.25, 0.3) is 0 Å². The second kappa shape index (κ2) is 6.74. The van der Waals surface area contributed by atoms with Crippen LogP contribution in [-0.4, -0.2) is 24.7 Å². The van der Waals surface area contributed by atoms with Gasteiger partial charge in [-0.3, -0.25) is 0 Å². The molecule has 17 heavy (non-hydrogen) atoms. The van der Waals surface area contributed by atoms with Gasteiger partial charge >= 0.3 is 0 Å². The highest BCUT2D eigenvalue weighted by Crippen LogP contribution is 2.35. The Morgan fingerprint density at radius 3 is 2.12 bits per heavy atom. The summed E-state index contributed by atoms with van der Waals surface area (Å²) in [5, 5.41) is 9.30. The number of hydroxylamine groups is 1. The number of ether oxygens (including phenoxy) is 2. The van der Waals surface area contributed by atoms with Gasteiger partial charge in [-0.1, -0.05) is 13.8 Å². The molecular formula is C12H19NO3S. The van der Waals surface area contributed by atoms with Crippen molar-refractivity contribution in [1.82, 2.24) is 5.48 Å². The highest BCUT2D eigenvalue weighted by atomic mass is 32.2. The van der Waals surface area contributed by atoms with Gasteiger partial charge in [0.1, 0.15) is 11.5 Å². The summed E-state index contributed by atoms with van der Waals surface area (Å²) in [7, 11) is 3.22. The van der Waals surface area contributed by atoms with Crippen molar-refractivity contribution in [3.63, 3.8) is 0 Å². The molecule has 0 amide bonds. The molecule has 4 nitrogen and oxygen atoms in total. The molecule has 96 valence electrons. The maximum atomic E-state index is 8.81. The van der Waals surface area contributed by atoms with Gasteiger partial charge in [0.15, 0.2) is 0 Å². The lowest BCUT2D eigenvalue weighted by Crippen LogP contribution is -2.09. The number of hydrogen-bond acceptors (Lipinski definition) is 5. The third kappa shape index (κ3) is 3.80. The lowest BCUT2D eigenvalue weighted by molar-refractivity contribution is 0.159. The molecule has 0 saturated heterocycles. The molecular weight excluding hydrogens is 238 g/mol. The van der Waals surface area contributed by atoms with Gasteiger partial charge in [0, 0.05) is 10.1 Å². The molecule has 0 aliphatic heterocycles. The van der Waals surface area contributed by atoms with Crippen LogP contribution in [0, 0.1) is 0 Å². The molecule has 0 fully saturated rings. The molecule has 0 unspecified atom stereocenters. The van der Waals surface area contributed by atoms with Crippen LogP contribution in [0.25, 0.3) is 0 Å². The van der Waals surface area contributed by atoms with E-state index in [0.717, 1.165) is 10.5 Å². The van der Waals surface area contributed by atoms with Crippen LogP contribution in [0.15, 0.2) is 17.0 Å². The number of nitrogens with one attached hydrogen (secondary N) is 1. The minimum absolute atomic E-state index is 0.291. The van der Waals surface area contributed by atoms with Crippen LogP contribution in [-0.2, 0) is 6.54 Å². The van der Waals surface area contributed by atoms with E-state index in [1.165, 1.54) is 0 Å². The molecule has 5 heteroatoms. The lowest BCUT2D eigenvalue weighted by Gasteiger charge is -2.15. The van der Waals surface area contributed by atoms with Gasteiger partial charge in [0.05, 0.1) is 26.3 Å². The highest BCUT2D eigenvalue weighted by Gasteiger charge is 2.13. The van der Waals surface area contributed by atoms with Crippen molar-refractivity contribution in [2.45, 2.75) is 30.5 Å². The summed E-state index contributed by atoms with van der Waals surface area (Å²) in [6, 6.07) is 3.92. The monoisotopic (exact) mass is 257 g/mol. The van der Waals surface area contributed by atoms with E-state index in [9.17, 15) is 0 Å². The van der Waals surface area contributed by atoms with Crippen LogP contribution in [0.1, 0.15) is 19.4 Å². The molecule has 0 aromatic heterocycles. The Morgan fingerprint density at radius 1 is 1.24 bits per heavy atom. The van der Waals surface area contributed by atoms with Gasteiger partial charge in [-0.2, -0.15) is 0 Å². The molecule has 0 spiro atoms. The average Bonchev–Trinajstić information content (AvgIpc) is 2.30. The van der Waals surface area contributed by atoms with Crippen molar-refractivity contribution in [2.24, 2.45) is 0 Å². The summed E-state index contributed by atoms with van der Waals surface area (Å²) in [4.78, 5) is 1.09. The Bertz CT molecular complexity index is 344. The minimum atomic E-state index is 0.291. The van der Waals surface area contributed by atoms with E-state index in [0.29, 0.717) is 23.3 Å². The molecule has 1 aromatic carbocycles. The summed E-state index contributed by atoms with van der Waals surface area (Å²) in [5.74, 6) is 1.43. The first-order chi connectivity index (χ1) is 8.12. The third-order valence-electron chi connectivity index (χ3n) is 2.21. The molecule has 0 aliphatic rings. The number of hydrogen-bond donors (Lipinski definition) is 2. The van der Waals surface area contributed by atoms with Gasteiger partial charge in [-0.15, -0.1) is 11.8 Å². The average molecular weight is 257 g/mol. The molecule has 1 rings (SSSR count). The molecule has 0 atom stereocenters. The lowest BCUT2D eigenvalue weighted by atomic mass is 10.2. The van der Waals surface area contributed by atoms with Crippen molar-refractivity contribution >= 4 is 11.8 Å². The maximum Gasteiger partial charge on any atom is 0.128 e. The molecule has 0 heterocycles. The Balaban J connectivity index is 3.13. The summed E-state index contributed by atoms with van der Waals surface area (Å²) in [6.45, 7) is 4.55. The highest BCUT2D eigenvalue weighted by molar-refractivity contribution is 7.99. The summed E-state index contributed by atoms with van der Waals surface area (Å²) in [5.41, 5.74) is 2.94. The van der Waals surface area contributed by atoms with E-state index in [1.807, 2.05) is 12.1 Å². The quantitative estimate of drug-likeness (QED) is 0.606. The van der Waals surface area contributed by atoms with E-state index >= 15 is 0 Å². The van der Waals surface area contributed by atoms with Gasteiger partial charge in [-0.05, 0) is 12.1 Å². The van der Waals surface area contributed by atoms with Crippen LogP contribution >= 0.6 is 11.8 Å².